The van der Waals surface area contributed by atoms with Gasteiger partial charge in [0.15, 0.2) is 0 Å². The van der Waals surface area contributed by atoms with Crippen LogP contribution in [-0.4, -0.2) is 0 Å². The van der Waals surface area contributed by atoms with Gasteiger partial charge in [-0.1, -0.05) is 30.3 Å². The molecule has 0 aromatic heterocycles. The summed E-state index contributed by atoms with van der Waals surface area (Å²) >= 11 is 0. The van der Waals surface area contributed by atoms with E-state index in [4.69, 9.17) is 0 Å². The summed E-state index contributed by atoms with van der Waals surface area (Å²) in [7, 11) is 0. The molecule has 2 aromatic rings. The monoisotopic (exact) mass is 242 g/mol. The minimum atomic E-state index is 0. The Kier molecular flexibility index (Phi) is 4.34. The largest absolute Gasteiger partial charge is 0.184 e. The maximum absolute atomic E-state index is 3.00. The zero-order chi connectivity index (χ0) is 8.23. The molecule has 0 saturated carbocycles. The fourth-order valence-corrected chi connectivity index (χ4v) is 1.21. The molecule has 0 spiro atoms. The Bertz CT molecular complexity index is 303. The molecule has 0 aliphatic rings. The molecule has 0 atom stereocenters. The van der Waals surface area contributed by atoms with E-state index in [1.807, 2.05) is 30.3 Å². The molecule has 0 saturated heterocycles. The van der Waals surface area contributed by atoms with Crippen LogP contribution < -0.4 is 0 Å². The topological polar surface area (TPSA) is 0 Å². The van der Waals surface area contributed by atoms with Crippen LogP contribution in [0.25, 0.3) is 11.1 Å². The van der Waals surface area contributed by atoms with Gasteiger partial charge in [0.25, 0.3) is 0 Å². The number of benzene rings is 2. The van der Waals surface area contributed by atoms with Crippen LogP contribution in [0.15, 0.2) is 54.6 Å². The molecule has 0 N–H and O–H groups in total. The van der Waals surface area contributed by atoms with Crippen molar-refractivity contribution in [3.05, 3.63) is 60.7 Å². The van der Waals surface area contributed by atoms with Gasteiger partial charge in [0.1, 0.15) is 0 Å². The van der Waals surface area contributed by atoms with Crippen molar-refractivity contribution >= 4 is 0 Å². The third kappa shape index (κ3) is 2.75. The maximum atomic E-state index is 3.00. The summed E-state index contributed by atoms with van der Waals surface area (Å²) in [6.07, 6.45) is 0. The molecule has 2 aromatic carbocycles. The molecular weight excluding hydrogens is 233 g/mol. The van der Waals surface area contributed by atoms with Crippen LogP contribution >= 0.6 is 0 Å². The molecule has 0 aliphatic heterocycles. The Hall–Kier alpha value is -0.456. The minimum Gasteiger partial charge on any atom is -0.184 e. The molecule has 1 heteroatoms. The summed E-state index contributed by atoms with van der Waals surface area (Å²) in [5, 5.41) is 0. The van der Waals surface area contributed by atoms with Crippen LogP contribution in [0, 0.1) is 6.07 Å². The van der Waals surface area contributed by atoms with Crippen LogP contribution in [0.4, 0.5) is 0 Å². The Morgan fingerprint density at radius 1 is 0.692 bits per heavy atom. The Labute approximate surface area is 104 Å². The summed E-state index contributed by atoms with van der Waals surface area (Å²) in [6.45, 7) is 0. The predicted molar refractivity (Wildman–Crippen MR) is 50.7 cm³/mol. The molecule has 1 radical (unpaired) electrons. The zero-order valence-corrected chi connectivity index (χ0v) is 10.1. The van der Waals surface area contributed by atoms with E-state index in [0.717, 1.165) is 0 Å². The quantitative estimate of drug-likeness (QED) is 0.674. The number of hydrogen-bond acceptors (Lipinski definition) is 0. The van der Waals surface area contributed by atoms with Crippen molar-refractivity contribution < 1.29 is 32.7 Å². The van der Waals surface area contributed by atoms with Crippen molar-refractivity contribution in [2.75, 3.05) is 0 Å². The van der Waals surface area contributed by atoms with Crippen molar-refractivity contribution in [2.24, 2.45) is 0 Å². The first-order chi connectivity index (χ1) is 5.97. The summed E-state index contributed by atoms with van der Waals surface area (Å²) in [6, 6.07) is 21.3. The first kappa shape index (κ1) is 10.6. The van der Waals surface area contributed by atoms with Crippen LogP contribution in [0.5, 0.6) is 0 Å². The van der Waals surface area contributed by atoms with Crippen LogP contribution in [0.3, 0.4) is 0 Å². The van der Waals surface area contributed by atoms with E-state index in [1.165, 1.54) is 11.1 Å². The molecule has 2 rings (SSSR count). The first-order valence-corrected chi connectivity index (χ1v) is 3.98. The Morgan fingerprint density at radius 3 is 1.85 bits per heavy atom. The summed E-state index contributed by atoms with van der Waals surface area (Å²) in [5.41, 5.74) is 2.50. The SMILES string of the molecule is [Y].[c-]1ccc(-c2ccccc2)cc1. The van der Waals surface area contributed by atoms with Crippen molar-refractivity contribution in [1.82, 2.24) is 0 Å². The molecule has 0 fully saturated rings. The van der Waals surface area contributed by atoms with Crippen LogP contribution in [0.1, 0.15) is 0 Å². The molecule has 61 valence electrons. The summed E-state index contributed by atoms with van der Waals surface area (Å²) in [5.74, 6) is 0. The fourth-order valence-electron chi connectivity index (χ4n) is 1.21. The van der Waals surface area contributed by atoms with Gasteiger partial charge in [0.05, 0.1) is 0 Å². The predicted octanol–water partition coefficient (Wildman–Crippen LogP) is 3.15. The molecule has 0 amide bonds. The van der Waals surface area contributed by atoms with Gasteiger partial charge in [0, 0.05) is 32.7 Å². The van der Waals surface area contributed by atoms with E-state index in [0.29, 0.717) is 0 Å². The Balaban J connectivity index is 0.000000845. The van der Waals surface area contributed by atoms with Gasteiger partial charge in [-0.05, 0) is 5.56 Å². The fraction of sp³-hybridized carbons (Fsp3) is 0. The molecular formula is C12H9Y-. The van der Waals surface area contributed by atoms with Crippen LogP contribution in [0.2, 0.25) is 0 Å². The van der Waals surface area contributed by atoms with E-state index in [-0.39, 0.29) is 32.7 Å². The molecule has 0 unspecified atom stereocenters. The third-order valence-corrected chi connectivity index (χ3v) is 1.83. The maximum Gasteiger partial charge on any atom is 0 e. The molecule has 0 heterocycles. The Morgan fingerprint density at radius 2 is 1.23 bits per heavy atom. The van der Waals surface area contributed by atoms with Gasteiger partial charge < -0.3 is 0 Å². The number of rotatable bonds is 1. The van der Waals surface area contributed by atoms with Crippen molar-refractivity contribution in [2.45, 2.75) is 0 Å². The minimum absolute atomic E-state index is 0. The summed E-state index contributed by atoms with van der Waals surface area (Å²) in [4.78, 5) is 0. The van der Waals surface area contributed by atoms with E-state index in [1.54, 1.807) is 0 Å². The van der Waals surface area contributed by atoms with E-state index in [9.17, 15) is 0 Å². The van der Waals surface area contributed by atoms with Crippen molar-refractivity contribution in [3.8, 4) is 11.1 Å². The second kappa shape index (κ2) is 5.31. The smallest absolute Gasteiger partial charge is 0 e. The third-order valence-electron chi connectivity index (χ3n) is 1.83. The number of hydrogen-bond donors (Lipinski definition) is 0. The molecule has 0 bridgehead atoms. The van der Waals surface area contributed by atoms with Gasteiger partial charge in [-0.15, -0.1) is 5.56 Å². The standard InChI is InChI=1S/C12H9.Y/c1-3-7-11(8-4-1)12-9-5-2-6-10-12;/h1,3-10H;/q-1;. The average Bonchev–Trinajstić information content (AvgIpc) is 2.21. The second-order valence-corrected chi connectivity index (χ2v) is 2.65. The average molecular weight is 242 g/mol. The molecule has 0 nitrogen and oxygen atoms in total. The normalized spacial score (nSPS) is 8.92. The van der Waals surface area contributed by atoms with E-state index in [2.05, 4.69) is 30.3 Å². The molecule has 13 heavy (non-hydrogen) atoms. The van der Waals surface area contributed by atoms with Gasteiger partial charge >= 0.3 is 0 Å². The van der Waals surface area contributed by atoms with Crippen LogP contribution in [-0.2, 0) is 32.7 Å². The van der Waals surface area contributed by atoms with Crippen molar-refractivity contribution in [1.29, 1.82) is 0 Å². The summed E-state index contributed by atoms with van der Waals surface area (Å²) < 4.78 is 0. The van der Waals surface area contributed by atoms with Gasteiger partial charge in [0.2, 0.25) is 0 Å². The van der Waals surface area contributed by atoms with Gasteiger partial charge in [-0.3, -0.25) is 0 Å². The molecule has 0 aliphatic carbocycles. The van der Waals surface area contributed by atoms with Gasteiger partial charge in [-0.25, -0.2) is 0 Å². The van der Waals surface area contributed by atoms with E-state index < -0.39 is 0 Å². The van der Waals surface area contributed by atoms with Gasteiger partial charge in [-0.2, -0.15) is 30.3 Å². The second-order valence-electron chi connectivity index (χ2n) is 2.65. The van der Waals surface area contributed by atoms with E-state index >= 15 is 0 Å². The van der Waals surface area contributed by atoms with Crippen molar-refractivity contribution in [3.63, 3.8) is 0 Å². The first-order valence-electron chi connectivity index (χ1n) is 3.98. The zero-order valence-electron chi connectivity index (χ0n) is 7.27.